The number of piperidine rings is 1. The van der Waals surface area contributed by atoms with Crippen molar-refractivity contribution >= 4 is 29.2 Å². The standard InChI is InChI=1S/C17H23ClN2O3/c1-3-23-17(22)13-6-8-20(9-7-13)11-16(21)19-14-5-4-12(2)15(18)10-14/h4-5,10,13H,3,6-9,11H2,1-2H3,(H,19,21). The zero-order chi connectivity index (χ0) is 16.8. The summed E-state index contributed by atoms with van der Waals surface area (Å²) in [5.74, 6) is -0.226. The SMILES string of the molecule is CCOC(=O)C1CCN(CC(=O)Nc2ccc(C)c(Cl)c2)CC1. The number of halogens is 1. The fourth-order valence-electron chi connectivity index (χ4n) is 2.66. The van der Waals surface area contributed by atoms with Crippen LogP contribution in [0.3, 0.4) is 0 Å². The van der Waals surface area contributed by atoms with Crippen molar-refractivity contribution < 1.29 is 14.3 Å². The fraction of sp³-hybridized carbons (Fsp3) is 0.529. The number of hydrogen-bond donors (Lipinski definition) is 1. The number of ether oxygens (including phenoxy) is 1. The lowest BCUT2D eigenvalue weighted by molar-refractivity contribution is -0.149. The van der Waals surface area contributed by atoms with Gasteiger partial charge in [0.2, 0.25) is 5.91 Å². The van der Waals surface area contributed by atoms with Crippen molar-refractivity contribution in [3.8, 4) is 0 Å². The van der Waals surface area contributed by atoms with Crippen LogP contribution in [0.1, 0.15) is 25.3 Å². The first kappa shape index (κ1) is 17.8. The number of esters is 1. The molecule has 1 fully saturated rings. The number of nitrogens with one attached hydrogen (secondary N) is 1. The number of carbonyl (C=O) groups is 2. The maximum Gasteiger partial charge on any atom is 0.309 e. The molecule has 5 nitrogen and oxygen atoms in total. The minimum Gasteiger partial charge on any atom is -0.466 e. The Labute approximate surface area is 141 Å². The van der Waals surface area contributed by atoms with Gasteiger partial charge in [-0.05, 0) is 57.5 Å². The molecule has 0 bridgehead atoms. The van der Waals surface area contributed by atoms with E-state index in [4.69, 9.17) is 16.3 Å². The van der Waals surface area contributed by atoms with Crippen molar-refractivity contribution in [2.75, 3.05) is 31.6 Å². The van der Waals surface area contributed by atoms with Crippen molar-refractivity contribution in [2.24, 2.45) is 5.92 Å². The molecule has 0 spiro atoms. The number of hydrogen-bond acceptors (Lipinski definition) is 4. The van der Waals surface area contributed by atoms with E-state index in [9.17, 15) is 9.59 Å². The Morgan fingerprint density at radius 1 is 1.35 bits per heavy atom. The van der Waals surface area contributed by atoms with Crippen LogP contribution in [-0.4, -0.2) is 43.0 Å². The van der Waals surface area contributed by atoms with Crippen molar-refractivity contribution in [1.82, 2.24) is 4.90 Å². The van der Waals surface area contributed by atoms with Crippen LogP contribution in [0.4, 0.5) is 5.69 Å². The number of carbonyl (C=O) groups excluding carboxylic acids is 2. The summed E-state index contributed by atoms with van der Waals surface area (Å²) in [7, 11) is 0. The zero-order valence-corrected chi connectivity index (χ0v) is 14.4. The van der Waals surface area contributed by atoms with Crippen LogP contribution >= 0.6 is 11.6 Å². The second-order valence-corrected chi connectivity index (χ2v) is 6.22. The lowest BCUT2D eigenvalue weighted by atomic mass is 9.97. The molecule has 1 heterocycles. The van der Waals surface area contributed by atoms with Gasteiger partial charge in [0, 0.05) is 10.7 Å². The lowest BCUT2D eigenvalue weighted by Gasteiger charge is -2.30. The number of likely N-dealkylation sites (tertiary alicyclic amines) is 1. The van der Waals surface area contributed by atoms with Gasteiger partial charge in [0.1, 0.15) is 0 Å². The average Bonchev–Trinajstić information content (AvgIpc) is 2.52. The average molecular weight is 339 g/mol. The van der Waals surface area contributed by atoms with Crippen LogP contribution in [0.25, 0.3) is 0 Å². The Morgan fingerprint density at radius 3 is 2.65 bits per heavy atom. The van der Waals surface area contributed by atoms with Crippen LogP contribution in [0, 0.1) is 12.8 Å². The summed E-state index contributed by atoms with van der Waals surface area (Å²) in [6.07, 6.45) is 1.48. The third-order valence-electron chi connectivity index (χ3n) is 4.03. The highest BCUT2D eigenvalue weighted by molar-refractivity contribution is 6.31. The van der Waals surface area contributed by atoms with E-state index in [2.05, 4.69) is 10.2 Å². The summed E-state index contributed by atoms with van der Waals surface area (Å²) in [4.78, 5) is 25.9. The topological polar surface area (TPSA) is 58.6 Å². The molecule has 0 aromatic heterocycles. The Hall–Kier alpha value is -1.59. The van der Waals surface area contributed by atoms with Crippen molar-refractivity contribution in [1.29, 1.82) is 0 Å². The van der Waals surface area contributed by atoms with Gasteiger partial charge in [-0.1, -0.05) is 17.7 Å². The molecule has 1 amide bonds. The molecule has 2 rings (SSSR count). The summed E-state index contributed by atoms with van der Waals surface area (Å²) in [5, 5.41) is 3.49. The van der Waals surface area contributed by atoms with E-state index in [0.717, 1.165) is 31.5 Å². The summed E-state index contributed by atoms with van der Waals surface area (Å²) in [5.41, 5.74) is 1.68. The van der Waals surface area contributed by atoms with Gasteiger partial charge in [-0.15, -0.1) is 0 Å². The molecule has 1 aliphatic heterocycles. The summed E-state index contributed by atoms with van der Waals surface area (Å²) >= 11 is 6.06. The van der Waals surface area contributed by atoms with Crippen molar-refractivity contribution in [3.63, 3.8) is 0 Å². The van der Waals surface area contributed by atoms with Gasteiger partial charge >= 0.3 is 5.97 Å². The van der Waals surface area contributed by atoms with Gasteiger partial charge in [0.25, 0.3) is 0 Å². The van der Waals surface area contributed by atoms with Gasteiger partial charge in [-0.2, -0.15) is 0 Å². The van der Waals surface area contributed by atoms with E-state index in [0.29, 0.717) is 23.9 Å². The molecule has 1 N–H and O–H groups in total. The highest BCUT2D eigenvalue weighted by Gasteiger charge is 2.26. The first-order valence-electron chi connectivity index (χ1n) is 7.94. The molecule has 1 aliphatic rings. The van der Waals surface area contributed by atoms with Gasteiger partial charge in [0.05, 0.1) is 19.1 Å². The van der Waals surface area contributed by atoms with Crippen LogP contribution in [0.2, 0.25) is 5.02 Å². The van der Waals surface area contributed by atoms with Gasteiger partial charge < -0.3 is 10.1 Å². The third kappa shape index (κ3) is 5.22. The number of nitrogens with zero attached hydrogens (tertiary/aromatic N) is 1. The molecule has 23 heavy (non-hydrogen) atoms. The highest BCUT2D eigenvalue weighted by atomic mass is 35.5. The number of aryl methyl sites for hydroxylation is 1. The monoisotopic (exact) mass is 338 g/mol. The summed E-state index contributed by atoms with van der Waals surface area (Å²) in [6, 6.07) is 5.47. The van der Waals surface area contributed by atoms with Crippen LogP contribution < -0.4 is 5.32 Å². The van der Waals surface area contributed by atoms with E-state index in [-0.39, 0.29) is 17.8 Å². The number of amides is 1. The summed E-state index contributed by atoms with van der Waals surface area (Å²) in [6.45, 7) is 5.93. The first-order valence-corrected chi connectivity index (χ1v) is 8.32. The zero-order valence-electron chi connectivity index (χ0n) is 13.6. The molecule has 0 saturated carbocycles. The van der Waals surface area contributed by atoms with Crippen molar-refractivity contribution in [3.05, 3.63) is 28.8 Å². The molecule has 126 valence electrons. The minimum atomic E-state index is -0.120. The van der Waals surface area contributed by atoms with Crippen LogP contribution in [-0.2, 0) is 14.3 Å². The Morgan fingerprint density at radius 2 is 2.04 bits per heavy atom. The predicted octanol–water partition coefficient (Wildman–Crippen LogP) is 2.86. The third-order valence-corrected chi connectivity index (χ3v) is 4.44. The predicted molar refractivity (Wildman–Crippen MR) is 90.6 cm³/mol. The molecule has 0 aliphatic carbocycles. The van der Waals surface area contributed by atoms with Crippen LogP contribution in [0.5, 0.6) is 0 Å². The molecule has 0 atom stereocenters. The molecular weight excluding hydrogens is 316 g/mol. The number of benzene rings is 1. The normalized spacial score (nSPS) is 16.1. The van der Waals surface area contributed by atoms with E-state index in [1.807, 2.05) is 26.0 Å². The molecule has 0 radical (unpaired) electrons. The lowest BCUT2D eigenvalue weighted by Crippen LogP contribution is -2.41. The molecular formula is C17H23ClN2O3. The van der Waals surface area contributed by atoms with E-state index >= 15 is 0 Å². The first-order chi connectivity index (χ1) is 11.0. The second-order valence-electron chi connectivity index (χ2n) is 5.81. The van der Waals surface area contributed by atoms with Crippen LogP contribution in [0.15, 0.2) is 18.2 Å². The van der Waals surface area contributed by atoms with Gasteiger partial charge in [-0.25, -0.2) is 0 Å². The van der Waals surface area contributed by atoms with Gasteiger partial charge in [0.15, 0.2) is 0 Å². The maximum absolute atomic E-state index is 12.1. The Balaban J connectivity index is 1.78. The molecule has 1 aromatic rings. The maximum atomic E-state index is 12.1. The Bertz CT molecular complexity index is 569. The van der Waals surface area contributed by atoms with Crippen molar-refractivity contribution in [2.45, 2.75) is 26.7 Å². The second kappa shape index (κ2) is 8.31. The smallest absolute Gasteiger partial charge is 0.309 e. The molecule has 6 heteroatoms. The van der Waals surface area contributed by atoms with Gasteiger partial charge in [-0.3, -0.25) is 14.5 Å². The minimum absolute atomic E-state index is 0.0369. The number of anilines is 1. The van der Waals surface area contributed by atoms with E-state index < -0.39 is 0 Å². The highest BCUT2D eigenvalue weighted by Crippen LogP contribution is 2.21. The van der Waals surface area contributed by atoms with E-state index in [1.165, 1.54) is 0 Å². The molecule has 1 saturated heterocycles. The molecule has 1 aromatic carbocycles. The van der Waals surface area contributed by atoms with E-state index in [1.54, 1.807) is 6.07 Å². The summed E-state index contributed by atoms with van der Waals surface area (Å²) < 4.78 is 5.05. The fourth-order valence-corrected chi connectivity index (χ4v) is 2.84. The molecule has 0 unspecified atom stereocenters. The largest absolute Gasteiger partial charge is 0.466 e. The quantitative estimate of drug-likeness (QED) is 0.839. The Kier molecular flexibility index (Phi) is 6.42. The number of rotatable bonds is 5.